The molecule has 1 amide bonds. The summed E-state index contributed by atoms with van der Waals surface area (Å²) in [6.07, 6.45) is -0.233. The van der Waals surface area contributed by atoms with Crippen LogP contribution in [-0.2, 0) is 20.9 Å². The Hall–Kier alpha value is -2.15. The Balaban J connectivity index is 1.80. The highest BCUT2D eigenvalue weighted by atomic mass is 35.5. The molecule has 5 rings (SSSR count). The fraction of sp³-hybridized carbons (Fsp3) is 0.688. The molecule has 256 valence electrons. The molecule has 0 radical (unpaired) electrons. The minimum absolute atomic E-state index is 0.0803. The quantitative estimate of drug-likeness (QED) is 0.222. The molecule has 3 fully saturated rings. The first-order valence-electron chi connectivity index (χ1n) is 16.0. The van der Waals surface area contributed by atoms with Gasteiger partial charge in [0.1, 0.15) is 0 Å². The number of carboxylic acid groups (broad SMARTS) is 1. The number of rotatable bonds is 12. The van der Waals surface area contributed by atoms with Crippen molar-refractivity contribution in [1.82, 2.24) is 19.7 Å². The van der Waals surface area contributed by atoms with Gasteiger partial charge in [0, 0.05) is 24.5 Å². The Labute approximate surface area is 280 Å². The maximum atomic E-state index is 15.0. The van der Waals surface area contributed by atoms with Crippen molar-refractivity contribution in [3.8, 4) is 0 Å². The molecule has 8 nitrogen and oxygen atoms in total. The summed E-state index contributed by atoms with van der Waals surface area (Å²) in [6, 6.07) is 2.38. The summed E-state index contributed by atoms with van der Waals surface area (Å²) >= 11 is 13.2. The molecule has 14 heteroatoms. The molecule has 1 atom stereocenters. The van der Waals surface area contributed by atoms with Gasteiger partial charge in [0.2, 0.25) is 0 Å². The summed E-state index contributed by atoms with van der Waals surface area (Å²) in [6.45, 7) is 11.9. The van der Waals surface area contributed by atoms with Gasteiger partial charge in [-0.3, -0.25) is 19.3 Å². The number of hydrogen-bond acceptors (Lipinski definition) is 5. The van der Waals surface area contributed by atoms with Crippen LogP contribution in [0.25, 0.3) is 0 Å². The van der Waals surface area contributed by atoms with E-state index in [4.69, 9.17) is 27.6 Å². The van der Waals surface area contributed by atoms with Gasteiger partial charge in [0.15, 0.2) is 14.0 Å². The molecule has 1 N–H and O–H groups in total. The third kappa shape index (κ3) is 7.15. The predicted octanol–water partition coefficient (Wildman–Crippen LogP) is 8.99. The first kappa shape index (κ1) is 36.7. The van der Waals surface area contributed by atoms with Crippen LogP contribution in [0.1, 0.15) is 108 Å². The van der Waals surface area contributed by atoms with Gasteiger partial charge >= 0.3 is 12.1 Å². The second-order valence-corrected chi connectivity index (χ2v) is 19.8. The number of hydrogen-bond donors (Lipinski definition) is 1. The summed E-state index contributed by atoms with van der Waals surface area (Å²) in [7, 11) is -2.35. The van der Waals surface area contributed by atoms with Gasteiger partial charge in [-0.1, -0.05) is 64.7 Å². The number of carbonyl (C=O) groups excluding carboxylic acids is 1. The average molecular weight is 706 g/mol. The molecule has 0 aromatic carbocycles. The molecule has 2 aromatic rings. The molecule has 3 aliphatic carbocycles. The second-order valence-electron chi connectivity index (χ2n) is 14.2. The Morgan fingerprint density at radius 3 is 1.96 bits per heavy atom. The van der Waals surface area contributed by atoms with Crippen LogP contribution >= 0.6 is 23.2 Å². The van der Waals surface area contributed by atoms with E-state index in [9.17, 15) is 27.9 Å². The van der Waals surface area contributed by atoms with Crippen molar-refractivity contribution in [2.75, 3.05) is 13.1 Å². The normalized spacial score (nSPS) is 22.6. The van der Waals surface area contributed by atoms with Crippen LogP contribution in [0, 0.1) is 10.8 Å². The van der Waals surface area contributed by atoms with E-state index >= 15 is 0 Å². The van der Waals surface area contributed by atoms with Crippen LogP contribution in [0.3, 0.4) is 0 Å². The summed E-state index contributed by atoms with van der Waals surface area (Å²) in [5.41, 5.74) is -3.59. The van der Waals surface area contributed by atoms with Crippen molar-refractivity contribution in [2.45, 2.75) is 116 Å². The molecule has 3 saturated carbocycles. The number of alkyl halides is 3. The molecule has 0 aliphatic heterocycles. The zero-order valence-electron chi connectivity index (χ0n) is 27.4. The second kappa shape index (κ2) is 13.4. The van der Waals surface area contributed by atoms with E-state index in [-0.39, 0.29) is 61.7 Å². The average Bonchev–Trinajstić information content (AvgIpc) is 3.46. The van der Waals surface area contributed by atoms with Crippen LogP contribution in [-0.4, -0.2) is 58.1 Å². The third-order valence-corrected chi connectivity index (χ3v) is 15.5. The van der Waals surface area contributed by atoms with Gasteiger partial charge in [-0.2, -0.15) is 18.3 Å². The number of pyridine rings is 1. The van der Waals surface area contributed by atoms with Gasteiger partial charge < -0.3 is 14.4 Å². The molecule has 3 aliphatic rings. The SMILES string of the molecule is CC[Si](CC)(CC)OC(CN(CC(C)(C)C)C(=O)c1cnn(C23CCC(C(=O)O)(CC2)CC3)c1C(F)(F)F)c1c(Cl)cncc1Cl. The molecule has 1 unspecified atom stereocenters. The topological polar surface area (TPSA) is 97.6 Å². The van der Waals surface area contributed by atoms with Gasteiger partial charge in [-0.15, -0.1) is 0 Å². The number of halogens is 5. The molecule has 0 saturated heterocycles. The van der Waals surface area contributed by atoms with E-state index in [0.717, 1.165) is 29.0 Å². The number of aliphatic carboxylic acids is 1. The Morgan fingerprint density at radius 2 is 1.52 bits per heavy atom. The molecule has 2 heterocycles. The van der Waals surface area contributed by atoms with Crippen LogP contribution in [0.15, 0.2) is 18.6 Å². The molecule has 46 heavy (non-hydrogen) atoms. The summed E-state index contributed by atoms with van der Waals surface area (Å²) in [5.74, 6) is -1.72. The number of amides is 1. The van der Waals surface area contributed by atoms with Crippen LogP contribution < -0.4 is 0 Å². The largest absolute Gasteiger partial charge is 0.481 e. The highest BCUT2D eigenvalue weighted by molar-refractivity contribution is 6.73. The highest BCUT2D eigenvalue weighted by Crippen LogP contribution is 2.57. The minimum atomic E-state index is -4.88. The Bertz CT molecular complexity index is 1390. The monoisotopic (exact) mass is 704 g/mol. The van der Waals surface area contributed by atoms with Crippen molar-refractivity contribution in [3.63, 3.8) is 0 Å². The number of fused-ring (bicyclic) bond motifs is 3. The van der Waals surface area contributed by atoms with Crippen molar-refractivity contribution in [3.05, 3.63) is 45.5 Å². The first-order valence-corrected chi connectivity index (χ1v) is 19.3. The molecule has 2 aromatic heterocycles. The molecule has 2 bridgehead atoms. The lowest BCUT2D eigenvalue weighted by molar-refractivity contribution is -0.163. The number of carbonyl (C=O) groups is 2. The number of nitrogens with zero attached hydrogens (tertiary/aromatic N) is 4. The van der Waals surface area contributed by atoms with E-state index in [2.05, 4.69) is 30.9 Å². The number of carboxylic acids is 1. The Kier molecular flexibility index (Phi) is 10.7. The summed E-state index contributed by atoms with van der Waals surface area (Å²) in [4.78, 5) is 31.9. The predicted molar refractivity (Wildman–Crippen MR) is 174 cm³/mol. The fourth-order valence-electron chi connectivity index (χ4n) is 7.32. The molecular weight excluding hydrogens is 660 g/mol. The molecular formula is C32H45Cl2F3N4O4Si. The van der Waals surface area contributed by atoms with Crippen LogP contribution in [0.5, 0.6) is 0 Å². The van der Waals surface area contributed by atoms with E-state index in [1.807, 2.05) is 20.8 Å². The van der Waals surface area contributed by atoms with E-state index in [0.29, 0.717) is 5.56 Å². The van der Waals surface area contributed by atoms with Gasteiger partial charge in [0.25, 0.3) is 5.91 Å². The first-order chi connectivity index (χ1) is 21.4. The zero-order valence-corrected chi connectivity index (χ0v) is 30.0. The molecule has 0 spiro atoms. The zero-order chi connectivity index (χ0) is 34.3. The lowest BCUT2D eigenvalue weighted by Crippen LogP contribution is -2.52. The summed E-state index contributed by atoms with van der Waals surface area (Å²) < 4.78 is 52.8. The summed E-state index contributed by atoms with van der Waals surface area (Å²) in [5, 5.41) is 14.5. The van der Waals surface area contributed by atoms with Crippen molar-refractivity contribution >= 4 is 43.4 Å². The van der Waals surface area contributed by atoms with Gasteiger partial charge in [-0.25, -0.2) is 0 Å². The van der Waals surface area contributed by atoms with Crippen molar-refractivity contribution in [1.29, 1.82) is 0 Å². The van der Waals surface area contributed by atoms with Crippen LogP contribution in [0.2, 0.25) is 28.2 Å². The maximum absolute atomic E-state index is 15.0. The lowest BCUT2D eigenvalue weighted by Gasteiger charge is -2.51. The highest BCUT2D eigenvalue weighted by Gasteiger charge is 2.56. The Morgan fingerprint density at radius 1 is 1.00 bits per heavy atom. The standard InChI is InChI=1S/C32H45Cl2F3N4O4Si/c1-7-46(8-2,9-3)45-24(25-22(33)17-38-18-23(25)34)19-40(20-29(4,5)6)27(42)21-16-39-41(26(21)32(35,36)37)31-13-10-30(11-14-31,12-15-31)28(43)44/h16-18,24H,7-15,19-20H2,1-6H3,(H,43,44). The van der Waals surface area contributed by atoms with Gasteiger partial charge in [0.05, 0.1) is 45.4 Å². The minimum Gasteiger partial charge on any atom is -0.481 e. The van der Waals surface area contributed by atoms with Crippen LogP contribution in [0.4, 0.5) is 13.2 Å². The van der Waals surface area contributed by atoms with Gasteiger partial charge in [-0.05, 0) is 62.1 Å². The van der Waals surface area contributed by atoms with E-state index in [1.54, 1.807) is 0 Å². The maximum Gasteiger partial charge on any atom is 0.433 e. The van der Waals surface area contributed by atoms with E-state index in [1.165, 1.54) is 17.3 Å². The third-order valence-electron chi connectivity index (χ3n) is 10.3. The van der Waals surface area contributed by atoms with Crippen molar-refractivity contribution in [2.24, 2.45) is 10.8 Å². The fourth-order valence-corrected chi connectivity index (χ4v) is 10.7. The number of aromatic nitrogens is 3. The van der Waals surface area contributed by atoms with Crippen molar-refractivity contribution < 1.29 is 32.3 Å². The smallest absolute Gasteiger partial charge is 0.433 e. The lowest BCUT2D eigenvalue weighted by atomic mass is 9.57. The van der Waals surface area contributed by atoms with E-state index < -0.39 is 60.1 Å².